The number of para-hydroxylation sites is 1. The third-order valence-corrected chi connectivity index (χ3v) is 4.84. The smallest absolute Gasteiger partial charge is 0.324 e. The van der Waals surface area contributed by atoms with E-state index in [0.29, 0.717) is 10.4 Å². The Balaban J connectivity index is 1.63. The van der Waals surface area contributed by atoms with Crippen LogP contribution in [-0.4, -0.2) is 26.8 Å². The number of alkyl halides is 3. The summed E-state index contributed by atoms with van der Waals surface area (Å²) in [6.45, 7) is -0.340. The highest BCUT2D eigenvalue weighted by molar-refractivity contribution is 5.91. The Hall–Kier alpha value is -3.96. The van der Waals surface area contributed by atoms with Gasteiger partial charge in [0.1, 0.15) is 12.4 Å². The van der Waals surface area contributed by atoms with Crippen molar-refractivity contribution in [1.29, 1.82) is 0 Å². The van der Waals surface area contributed by atoms with Crippen molar-refractivity contribution in [3.63, 3.8) is 0 Å². The molecule has 1 aliphatic rings. The van der Waals surface area contributed by atoms with Crippen LogP contribution >= 0.6 is 0 Å². The highest BCUT2D eigenvalue weighted by atomic mass is 19.4. The maximum absolute atomic E-state index is 13.2. The number of nitrogens with zero attached hydrogens (tertiary/aromatic N) is 4. The molecule has 3 aromatic rings. The lowest BCUT2D eigenvalue weighted by Crippen LogP contribution is -2.44. The highest BCUT2D eigenvalue weighted by Crippen LogP contribution is 2.34. The van der Waals surface area contributed by atoms with Gasteiger partial charge in [0, 0.05) is 18.8 Å². The first-order valence-corrected chi connectivity index (χ1v) is 9.36. The van der Waals surface area contributed by atoms with Gasteiger partial charge in [-0.1, -0.05) is 12.1 Å². The van der Waals surface area contributed by atoms with Crippen LogP contribution in [0.4, 0.5) is 34.9 Å². The molecule has 0 bridgehead atoms. The largest absolute Gasteiger partial charge is 0.418 e. The average molecular weight is 449 g/mol. The van der Waals surface area contributed by atoms with E-state index in [-0.39, 0.29) is 19.0 Å². The lowest BCUT2D eigenvalue weighted by molar-refractivity contribution is -0.137. The molecule has 0 spiro atoms. The van der Waals surface area contributed by atoms with Crippen LogP contribution in [0.15, 0.2) is 58.1 Å². The molecule has 4 rings (SSSR count). The van der Waals surface area contributed by atoms with Crippen LogP contribution in [0, 0.1) is 5.82 Å². The lowest BCUT2D eigenvalue weighted by atomic mass is 10.1. The molecule has 166 valence electrons. The summed E-state index contributed by atoms with van der Waals surface area (Å²) < 4.78 is 54.3. The molecule has 1 aliphatic heterocycles. The van der Waals surface area contributed by atoms with Gasteiger partial charge in [-0.25, -0.2) is 9.07 Å². The molecule has 1 aromatic heterocycles. The standard InChI is InChI=1S/C20H15F4N5O3/c21-12-5-7-13(8-6-12)27-9-10-28-17(31)18(32)29(26-19(27)28)11-16(30)25-15-4-2-1-3-14(15)20(22,23)24/h1-8H,9-11H2,(H,25,30). The summed E-state index contributed by atoms with van der Waals surface area (Å²) in [6, 6.07) is 9.75. The topological polar surface area (TPSA) is 89.2 Å². The number of hydrogen-bond donors (Lipinski definition) is 1. The molecule has 0 aliphatic carbocycles. The van der Waals surface area contributed by atoms with Crippen molar-refractivity contribution in [2.75, 3.05) is 16.8 Å². The van der Waals surface area contributed by atoms with Crippen molar-refractivity contribution >= 4 is 23.2 Å². The number of fused-ring (bicyclic) bond motifs is 1. The zero-order valence-electron chi connectivity index (χ0n) is 16.3. The predicted octanol–water partition coefficient (Wildman–Crippen LogP) is 2.35. The predicted molar refractivity (Wildman–Crippen MR) is 106 cm³/mol. The second kappa shape index (κ2) is 7.94. The zero-order chi connectivity index (χ0) is 23.0. The minimum absolute atomic E-state index is 0.0599. The van der Waals surface area contributed by atoms with Gasteiger partial charge in [0.15, 0.2) is 0 Å². The second-order valence-corrected chi connectivity index (χ2v) is 6.94. The molecule has 1 N–H and O–H groups in total. The Bertz CT molecular complexity index is 1300. The van der Waals surface area contributed by atoms with E-state index in [0.717, 1.165) is 16.7 Å². The number of amides is 1. The van der Waals surface area contributed by atoms with Crippen molar-refractivity contribution in [3.05, 3.63) is 80.6 Å². The molecule has 32 heavy (non-hydrogen) atoms. The van der Waals surface area contributed by atoms with Crippen molar-refractivity contribution in [3.8, 4) is 0 Å². The third-order valence-electron chi connectivity index (χ3n) is 4.84. The van der Waals surface area contributed by atoms with Gasteiger partial charge in [0.2, 0.25) is 11.9 Å². The Labute approximate surface area is 177 Å². The van der Waals surface area contributed by atoms with Gasteiger partial charge in [0.05, 0.1) is 11.3 Å². The normalized spacial score (nSPS) is 13.2. The number of rotatable bonds is 4. The number of anilines is 3. The Morgan fingerprint density at radius 1 is 1.00 bits per heavy atom. The van der Waals surface area contributed by atoms with Gasteiger partial charge in [-0.3, -0.25) is 19.0 Å². The number of nitrogens with one attached hydrogen (secondary N) is 1. The maximum atomic E-state index is 13.2. The van der Waals surface area contributed by atoms with Gasteiger partial charge < -0.3 is 10.2 Å². The van der Waals surface area contributed by atoms with E-state index in [1.54, 1.807) is 4.90 Å². The summed E-state index contributed by atoms with van der Waals surface area (Å²) in [5.41, 5.74) is -3.04. The first-order valence-electron chi connectivity index (χ1n) is 9.36. The molecule has 0 atom stereocenters. The number of carbonyl (C=O) groups excluding carboxylic acids is 1. The molecule has 1 amide bonds. The maximum Gasteiger partial charge on any atom is 0.418 e. The molecule has 0 saturated heterocycles. The number of aromatic nitrogens is 3. The Kier molecular flexibility index (Phi) is 5.28. The average Bonchev–Trinajstić information content (AvgIpc) is 3.16. The quantitative estimate of drug-likeness (QED) is 0.488. The zero-order valence-corrected chi connectivity index (χ0v) is 16.3. The molecule has 2 heterocycles. The fourth-order valence-corrected chi connectivity index (χ4v) is 3.36. The van der Waals surface area contributed by atoms with Crippen LogP contribution in [0.3, 0.4) is 0 Å². The monoisotopic (exact) mass is 449 g/mol. The summed E-state index contributed by atoms with van der Waals surface area (Å²) in [6.07, 6.45) is -4.69. The van der Waals surface area contributed by atoms with Crippen LogP contribution in [0.25, 0.3) is 0 Å². The Morgan fingerprint density at radius 2 is 1.69 bits per heavy atom. The van der Waals surface area contributed by atoms with Crippen LogP contribution in [0.2, 0.25) is 0 Å². The molecular formula is C20H15F4N5O3. The van der Waals surface area contributed by atoms with Crippen molar-refractivity contribution < 1.29 is 22.4 Å². The fraction of sp³-hybridized carbons (Fsp3) is 0.200. The fourth-order valence-electron chi connectivity index (χ4n) is 3.36. The van der Waals surface area contributed by atoms with E-state index < -0.39 is 46.8 Å². The molecule has 0 radical (unpaired) electrons. The molecule has 8 nitrogen and oxygen atoms in total. The highest BCUT2D eigenvalue weighted by Gasteiger charge is 2.33. The number of hydrogen-bond acceptors (Lipinski definition) is 5. The van der Waals surface area contributed by atoms with Crippen LogP contribution in [-0.2, 0) is 24.1 Å². The van der Waals surface area contributed by atoms with E-state index in [1.165, 1.54) is 36.4 Å². The van der Waals surface area contributed by atoms with Crippen molar-refractivity contribution in [2.45, 2.75) is 19.3 Å². The van der Waals surface area contributed by atoms with Crippen LogP contribution in [0.1, 0.15) is 5.56 Å². The van der Waals surface area contributed by atoms with Gasteiger partial charge in [0.25, 0.3) is 0 Å². The molecule has 0 unspecified atom stereocenters. The molecule has 12 heteroatoms. The number of carbonyl (C=O) groups is 1. The third kappa shape index (κ3) is 3.98. The molecular weight excluding hydrogens is 434 g/mol. The van der Waals surface area contributed by atoms with E-state index in [4.69, 9.17) is 0 Å². The van der Waals surface area contributed by atoms with E-state index >= 15 is 0 Å². The van der Waals surface area contributed by atoms with E-state index in [2.05, 4.69) is 10.4 Å². The summed E-state index contributed by atoms with van der Waals surface area (Å²) in [7, 11) is 0. The Morgan fingerprint density at radius 3 is 2.38 bits per heavy atom. The SMILES string of the molecule is O=C(Cn1nc2n(c(=O)c1=O)CCN2c1ccc(F)cc1)Nc1ccccc1C(F)(F)F. The first kappa shape index (κ1) is 21.3. The van der Waals surface area contributed by atoms with Gasteiger partial charge in [-0.2, -0.15) is 13.2 Å². The van der Waals surface area contributed by atoms with Gasteiger partial charge >= 0.3 is 17.3 Å². The van der Waals surface area contributed by atoms with Gasteiger partial charge in [-0.05, 0) is 36.4 Å². The van der Waals surface area contributed by atoms with E-state index in [1.807, 2.05) is 0 Å². The minimum Gasteiger partial charge on any atom is -0.324 e. The minimum atomic E-state index is -4.69. The van der Waals surface area contributed by atoms with Gasteiger partial charge in [-0.15, -0.1) is 5.10 Å². The summed E-state index contributed by atoms with van der Waals surface area (Å²) in [4.78, 5) is 38.8. The molecule has 0 fully saturated rings. The lowest BCUT2D eigenvalue weighted by Gasteiger charge is -2.18. The van der Waals surface area contributed by atoms with E-state index in [9.17, 15) is 31.9 Å². The second-order valence-electron chi connectivity index (χ2n) is 6.94. The number of halogens is 4. The van der Waals surface area contributed by atoms with Crippen molar-refractivity contribution in [1.82, 2.24) is 14.3 Å². The van der Waals surface area contributed by atoms with Crippen molar-refractivity contribution in [2.24, 2.45) is 0 Å². The summed E-state index contributed by atoms with van der Waals surface area (Å²) in [5.74, 6) is -1.37. The number of benzene rings is 2. The van der Waals surface area contributed by atoms with Crippen LogP contribution in [0.5, 0.6) is 0 Å². The first-order chi connectivity index (χ1) is 15.1. The summed E-state index contributed by atoms with van der Waals surface area (Å²) >= 11 is 0. The summed E-state index contributed by atoms with van der Waals surface area (Å²) in [5, 5.41) is 6.17. The van der Waals surface area contributed by atoms with Crippen LogP contribution < -0.4 is 21.3 Å². The molecule has 2 aromatic carbocycles. The molecule has 0 saturated carbocycles.